The maximum atomic E-state index is 2.23. The molecule has 0 atom stereocenters. The van der Waals surface area contributed by atoms with Crippen LogP contribution in [0.4, 0.5) is 0 Å². The Bertz CT molecular complexity index is 443. The summed E-state index contributed by atoms with van der Waals surface area (Å²) in [6.45, 7) is 3.16. The van der Waals surface area contributed by atoms with Crippen molar-refractivity contribution in [1.82, 2.24) is 0 Å². The molecule has 0 unspecified atom stereocenters. The fourth-order valence-electron chi connectivity index (χ4n) is 1.48. The second-order valence-corrected chi connectivity index (χ2v) is 4.24. The molecule has 0 aliphatic rings. The van der Waals surface area contributed by atoms with Crippen molar-refractivity contribution in [3.8, 4) is 0 Å². The lowest BCUT2D eigenvalue weighted by molar-refractivity contribution is -0.695. The number of aromatic nitrogens is 1. The summed E-state index contributed by atoms with van der Waals surface area (Å²) in [5, 5.41) is 2.10. The topological polar surface area (TPSA) is 3.88 Å². The average molecular weight is 216 g/mol. The monoisotopic (exact) mass is 216 g/mol. The Labute approximate surface area is 94.3 Å². The zero-order valence-electron chi connectivity index (χ0n) is 8.76. The molecule has 0 saturated heterocycles. The highest BCUT2D eigenvalue weighted by Gasteiger charge is 2.01. The summed E-state index contributed by atoms with van der Waals surface area (Å²) in [6, 6.07) is 10.5. The summed E-state index contributed by atoms with van der Waals surface area (Å²) >= 11 is 1.76. The summed E-state index contributed by atoms with van der Waals surface area (Å²) in [7, 11) is 0. The van der Waals surface area contributed by atoms with E-state index in [1.807, 2.05) is 0 Å². The zero-order valence-corrected chi connectivity index (χ0v) is 9.58. The minimum atomic E-state index is 1.00. The van der Waals surface area contributed by atoms with Crippen molar-refractivity contribution in [1.29, 1.82) is 0 Å². The van der Waals surface area contributed by atoms with Gasteiger partial charge in [0.05, 0.1) is 0 Å². The Hall–Kier alpha value is -1.41. The van der Waals surface area contributed by atoms with Gasteiger partial charge in [0.1, 0.15) is 6.54 Å². The van der Waals surface area contributed by atoms with Crippen LogP contribution in [-0.4, -0.2) is 0 Å². The molecule has 0 N–H and O–H groups in total. The summed E-state index contributed by atoms with van der Waals surface area (Å²) < 4.78 is 2.23. The van der Waals surface area contributed by atoms with E-state index >= 15 is 0 Å². The lowest BCUT2D eigenvalue weighted by Gasteiger charge is -1.95. The number of thiophene rings is 1. The summed E-state index contributed by atoms with van der Waals surface area (Å²) in [4.78, 5) is 1.29. The first-order chi connectivity index (χ1) is 7.40. The number of hydrogen-bond donors (Lipinski definition) is 0. The normalized spacial score (nSPS) is 11.0. The van der Waals surface area contributed by atoms with Gasteiger partial charge in [-0.1, -0.05) is 6.07 Å². The fourth-order valence-corrected chi connectivity index (χ4v) is 2.10. The third-order valence-corrected chi connectivity index (χ3v) is 3.12. The van der Waals surface area contributed by atoms with Crippen LogP contribution in [-0.2, 0) is 6.54 Å². The molecule has 2 heterocycles. The van der Waals surface area contributed by atoms with Crippen LogP contribution in [0.15, 0.2) is 41.9 Å². The molecule has 2 heteroatoms. The zero-order chi connectivity index (χ0) is 10.5. The molecule has 0 radical (unpaired) electrons. The second kappa shape index (κ2) is 4.89. The lowest BCUT2D eigenvalue weighted by Crippen LogP contribution is -2.34. The van der Waals surface area contributed by atoms with E-state index in [9.17, 15) is 0 Å². The van der Waals surface area contributed by atoms with E-state index in [0.29, 0.717) is 0 Å². The van der Waals surface area contributed by atoms with Crippen molar-refractivity contribution in [3.63, 3.8) is 0 Å². The predicted octanol–water partition coefficient (Wildman–Crippen LogP) is 3.23. The summed E-state index contributed by atoms with van der Waals surface area (Å²) in [5.41, 5.74) is 1.24. The predicted molar refractivity (Wildman–Crippen MR) is 65.6 cm³/mol. The standard InChI is InChI=1S/C13H14NS/c1-2-14-10-4-3-6-12(14)8-9-13-7-5-11-15-13/h3-11H,2H2,1H3/q+1/b9-8+. The number of aryl methyl sites for hydroxylation is 1. The van der Waals surface area contributed by atoms with Crippen molar-refractivity contribution < 1.29 is 4.57 Å². The fraction of sp³-hybridized carbons (Fsp3) is 0.154. The first-order valence-corrected chi connectivity index (χ1v) is 5.98. The third kappa shape index (κ3) is 2.54. The third-order valence-electron chi connectivity index (χ3n) is 2.28. The van der Waals surface area contributed by atoms with E-state index in [0.717, 1.165) is 6.54 Å². The van der Waals surface area contributed by atoms with E-state index in [2.05, 4.69) is 65.6 Å². The van der Waals surface area contributed by atoms with Gasteiger partial charge < -0.3 is 0 Å². The average Bonchev–Trinajstić information content (AvgIpc) is 2.79. The van der Waals surface area contributed by atoms with Gasteiger partial charge >= 0.3 is 0 Å². The number of hydrogen-bond acceptors (Lipinski definition) is 1. The van der Waals surface area contributed by atoms with Crippen molar-refractivity contribution in [3.05, 3.63) is 52.5 Å². The van der Waals surface area contributed by atoms with Gasteiger partial charge in [-0.05, 0) is 30.5 Å². The SMILES string of the molecule is CC[n+]1ccccc1/C=C/c1cccs1. The van der Waals surface area contributed by atoms with Gasteiger partial charge in [-0.25, -0.2) is 0 Å². The van der Waals surface area contributed by atoms with Gasteiger partial charge in [-0.2, -0.15) is 4.57 Å². The minimum Gasteiger partial charge on any atom is -0.199 e. The van der Waals surface area contributed by atoms with E-state index in [-0.39, 0.29) is 0 Å². The van der Waals surface area contributed by atoms with Gasteiger partial charge in [-0.15, -0.1) is 11.3 Å². The Balaban J connectivity index is 2.24. The number of pyridine rings is 1. The van der Waals surface area contributed by atoms with Crippen molar-refractivity contribution in [2.24, 2.45) is 0 Å². The van der Waals surface area contributed by atoms with Crippen LogP contribution in [0.5, 0.6) is 0 Å². The van der Waals surface area contributed by atoms with Crippen LogP contribution >= 0.6 is 11.3 Å². The molecule has 0 aliphatic heterocycles. The maximum absolute atomic E-state index is 2.23. The molecule has 0 bridgehead atoms. The summed E-state index contributed by atoms with van der Waals surface area (Å²) in [5.74, 6) is 0. The number of rotatable bonds is 3. The Kier molecular flexibility index (Phi) is 3.30. The van der Waals surface area contributed by atoms with E-state index < -0.39 is 0 Å². The lowest BCUT2D eigenvalue weighted by atomic mass is 10.3. The molecule has 0 aliphatic carbocycles. The summed E-state index contributed by atoms with van der Waals surface area (Å²) in [6.07, 6.45) is 6.43. The largest absolute Gasteiger partial charge is 0.205 e. The minimum absolute atomic E-state index is 1.00. The molecule has 2 aromatic heterocycles. The Morgan fingerprint density at radius 3 is 2.87 bits per heavy atom. The van der Waals surface area contributed by atoms with Crippen LogP contribution in [0, 0.1) is 0 Å². The second-order valence-electron chi connectivity index (χ2n) is 3.26. The molecule has 0 fully saturated rings. The van der Waals surface area contributed by atoms with E-state index in [1.165, 1.54) is 10.6 Å². The molecule has 2 rings (SSSR count). The van der Waals surface area contributed by atoms with Gasteiger partial charge in [-0.3, -0.25) is 0 Å². The highest BCUT2D eigenvalue weighted by Crippen LogP contribution is 2.11. The van der Waals surface area contributed by atoms with E-state index in [4.69, 9.17) is 0 Å². The molecule has 0 amide bonds. The van der Waals surface area contributed by atoms with Crippen LogP contribution in [0.1, 0.15) is 17.5 Å². The molecular weight excluding hydrogens is 202 g/mol. The van der Waals surface area contributed by atoms with E-state index in [1.54, 1.807) is 11.3 Å². The molecule has 2 aromatic rings. The van der Waals surface area contributed by atoms with Crippen LogP contribution in [0.2, 0.25) is 0 Å². The molecule has 0 saturated carbocycles. The van der Waals surface area contributed by atoms with Crippen LogP contribution in [0.25, 0.3) is 12.2 Å². The number of nitrogens with zero attached hydrogens (tertiary/aromatic N) is 1. The van der Waals surface area contributed by atoms with Gasteiger partial charge in [0.25, 0.3) is 0 Å². The van der Waals surface area contributed by atoms with Crippen molar-refractivity contribution in [2.45, 2.75) is 13.5 Å². The first kappa shape index (κ1) is 10.1. The maximum Gasteiger partial charge on any atom is 0.205 e. The highest BCUT2D eigenvalue weighted by atomic mass is 32.1. The van der Waals surface area contributed by atoms with Gasteiger partial charge in [0.2, 0.25) is 5.69 Å². The molecule has 15 heavy (non-hydrogen) atoms. The Morgan fingerprint density at radius 2 is 2.13 bits per heavy atom. The first-order valence-electron chi connectivity index (χ1n) is 5.10. The van der Waals surface area contributed by atoms with Gasteiger partial charge in [0.15, 0.2) is 6.20 Å². The molecule has 76 valence electrons. The molecule has 1 nitrogen and oxygen atoms in total. The van der Waals surface area contributed by atoms with Crippen LogP contribution < -0.4 is 4.57 Å². The van der Waals surface area contributed by atoms with Crippen LogP contribution in [0.3, 0.4) is 0 Å². The molecule has 0 aromatic carbocycles. The molecule has 0 spiro atoms. The van der Waals surface area contributed by atoms with Crippen molar-refractivity contribution >= 4 is 23.5 Å². The Morgan fingerprint density at radius 1 is 1.20 bits per heavy atom. The molecular formula is C13H14NS+. The van der Waals surface area contributed by atoms with Crippen molar-refractivity contribution in [2.75, 3.05) is 0 Å². The van der Waals surface area contributed by atoms with Gasteiger partial charge in [0, 0.05) is 23.1 Å². The smallest absolute Gasteiger partial charge is 0.199 e. The quantitative estimate of drug-likeness (QED) is 0.694. The highest BCUT2D eigenvalue weighted by molar-refractivity contribution is 7.10.